The summed E-state index contributed by atoms with van der Waals surface area (Å²) in [4.78, 5) is 14.0. The van der Waals surface area contributed by atoms with Crippen LogP contribution >= 0.6 is 15.9 Å². The number of hydrogen-bond donors (Lipinski definition) is 1. The molecule has 0 bridgehead atoms. The van der Waals surface area contributed by atoms with E-state index >= 15 is 0 Å². The van der Waals surface area contributed by atoms with Gasteiger partial charge in [-0.05, 0) is 49.6 Å². The average Bonchev–Trinajstić information content (AvgIpc) is 2.72. The van der Waals surface area contributed by atoms with Gasteiger partial charge in [0.15, 0.2) is 0 Å². The number of hydrogen-bond acceptors (Lipinski definition) is 3. The molecular formula is C22H28BrFN2O3S. The number of cyclic esters (lactones) is 1. The van der Waals surface area contributed by atoms with E-state index in [-0.39, 0.29) is 24.1 Å². The van der Waals surface area contributed by atoms with Gasteiger partial charge in [0, 0.05) is 30.2 Å². The maximum absolute atomic E-state index is 12.3. The van der Waals surface area contributed by atoms with E-state index < -0.39 is 11.0 Å². The van der Waals surface area contributed by atoms with Crippen LogP contribution in [0.2, 0.25) is 0 Å². The Kier molecular flexibility index (Phi) is 10.5. The number of nitrogens with one attached hydrogen (secondary N) is 1. The fraction of sp³-hybridized carbons (Fsp3) is 0.409. The standard InChI is InChI=1S/C16H23BrN2O3S.C6H5F/c1-12(13-5-7-14(17)8-6-13)19-11-9-15(22-16(19)20)4-3-10-18-23(2)21;7-6-4-2-1-3-5-6/h5-8,12,15,18H,3-4,9-11H2,1-2H3;1-5H. The highest BCUT2D eigenvalue weighted by molar-refractivity contribution is 9.10. The topological polar surface area (TPSA) is 58.6 Å². The summed E-state index contributed by atoms with van der Waals surface area (Å²) in [7, 11) is -0.983. The summed E-state index contributed by atoms with van der Waals surface area (Å²) in [6.45, 7) is 3.40. The number of carbonyl (C=O) groups is 1. The molecule has 0 spiro atoms. The van der Waals surface area contributed by atoms with Gasteiger partial charge in [0.1, 0.15) is 11.9 Å². The van der Waals surface area contributed by atoms with Crippen LogP contribution in [0.15, 0.2) is 59.1 Å². The molecule has 1 N–H and O–H groups in total. The van der Waals surface area contributed by atoms with Crippen LogP contribution in [0.3, 0.4) is 0 Å². The maximum atomic E-state index is 12.3. The zero-order valence-corrected chi connectivity index (χ0v) is 19.6. The Hall–Kier alpha value is -1.77. The predicted octanol–water partition coefficient (Wildman–Crippen LogP) is 5.21. The zero-order valence-electron chi connectivity index (χ0n) is 17.2. The van der Waals surface area contributed by atoms with Crippen LogP contribution in [0.4, 0.5) is 9.18 Å². The van der Waals surface area contributed by atoms with Crippen molar-refractivity contribution in [1.82, 2.24) is 9.62 Å². The van der Waals surface area contributed by atoms with Gasteiger partial charge in [-0.25, -0.2) is 18.1 Å². The number of benzene rings is 2. The Morgan fingerprint density at radius 1 is 1.23 bits per heavy atom. The molecule has 8 heteroatoms. The lowest BCUT2D eigenvalue weighted by molar-refractivity contribution is 0.00942. The lowest BCUT2D eigenvalue weighted by Gasteiger charge is -2.36. The van der Waals surface area contributed by atoms with Crippen molar-refractivity contribution in [2.24, 2.45) is 0 Å². The first-order valence-electron chi connectivity index (χ1n) is 9.87. The quantitative estimate of drug-likeness (QED) is 0.533. The summed E-state index contributed by atoms with van der Waals surface area (Å²) in [5.41, 5.74) is 1.10. The van der Waals surface area contributed by atoms with E-state index in [1.807, 2.05) is 31.2 Å². The van der Waals surface area contributed by atoms with Crippen LogP contribution in [-0.4, -0.2) is 40.7 Å². The minimum Gasteiger partial charge on any atom is -0.446 e. The Morgan fingerprint density at radius 3 is 2.43 bits per heavy atom. The van der Waals surface area contributed by atoms with Crippen LogP contribution in [-0.2, 0) is 15.7 Å². The van der Waals surface area contributed by atoms with Crippen molar-refractivity contribution in [1.29, 1.82) is 0 Å². The van der Waals surface area contributed by atoms with Crippen LogP contribution in [0.1, 0.15) is 37.8 Å². The highest BCUT2D eigenvalue weighted by Crippen LogP contribution is 2.27. The number of rotatable bonds is 7. The zero-order chi connectivity index (χ0) is 21.9. The Labute approximate surface area is 188 Å². The van der Waals surface area contributed by atoms with Gasteiger partial charge in [-0.1, -0.05) is 46.3 Å². The van der Waals surface area contributed by atoms with Crippen molar-refractivity contribution in [2.75, 3.05) is 19.3 Å². The third kappa shape index (κ3) is 8.53. The first-order chi connectivity index (χ1) is 14.4. The maximum Gasteiger partial charge on any atom is 0.410 e. The molecule has 1 amide bonds. The highest BCUT2D eigenvalue weighted by atomic mass is 79.9. The van der Waals surface area contributed by atoms with Gasteiger partial charge < -0.3 is 9.64 Å². The SMILES string of the molecule is CC(c1ccc(Br)cc1)N1CCC(CCCNS(C)=O)OC1=O.Fc1ccccc1. The van der Waals surface area contributed by atoms with E-state index in [1.54, 1.807) is 29.4 Å². The number of carbonyl (C=O) groups excluding carboxylic acids is 1. The second-order valence-electron chi connectivity index (χ2n) is 7.00. The van der Waals surface area contributed by atoms with Crippen molar-refractivity contribution < 1.29 is 18.1 Å². The Balaban J connectivity index is 0.000000386. The van der Waals surface area contributed by atoms with E-state index in [4.69, 9.17) is 4.74 Å². The van der Waals surface area contributed by atoms with Crippen molar-refractivity contribution in [3.63, 3.8) is 0 Å². The van der Waals surface area contributed by atoms with Crippen molar-refractivity contribution in [2.45, 2.75) is 38.3 Å². The molecule has 2 aromatic rings. The fourth-order valence-electron chi connectivity index (χ4n) is 3.08. The minimum atomic E-state index is -0.983. The third-order valence-electron chi connectivity index (χ3n) is 4.76. The van der Waals surface area contributed by atoms with Gasteiger partial charge in [0.25, 0.3) is 0 Å². The molecule has 2 aromatic carbocycles. The predicted molar refractivity (Wildman–Crippen MR) is 122 cm³/mol. The minimum absolute atomic E-state index is 0.000676. The molecule has 1 aliphatic rings. The fourth-order valence-corrected chi connectivity index (χ4v) is 3.78. The van der Waals surface area contributed by atoms with Crippen molar-refractivity contribution in [3.8, 4) is 0 Å². The third-order valence-corrected chi connectivity index (χ3v) is 5.89. The van der Waals surface area contributed by atoms with Crippen molar-refractivity contribution in [3.05, 3.63) is 70.5 Å². The van der Waals surface area contributed by atoms with Gasteiger partial charge in [0.2, 0.25) is 0 Å². The summed E-state index contributed by atoms with van der Waals surface area (Å²) >= 11 is 3.42. The van der Waals surface area contributed by atoms with E-state index in [1.165, 1.54) is 12.1 Å². The van der Waals surface area contributed by atoms with E-state index in [0.29, 0.717) is 13.1 Å². The molecule has 0 aromatic heterocycles. The monoisotopic (exact) mass is 498 g/mol. The van der Waals surface area contributed by atoms with E-state index in [9.17, 15) is 13.4 Å². The molecule has 30 heavy (non-hydrogen) atoms. The normalized spacial score (nSPS) is 18.1. The smallest absolute Gasteiger partial charge is 0.410 e. The summed E-state index contributed by atoms with van der Waals surface area (Å²) in [5, 5.41) is 0. The first-order valence-corrected chi connectivity index (χ1v) is 12.2. The number of nitrogens with zero attached hydrogens (tertiary/aromatic N) is 1. The average molecular weight is 499 g/mol. The lowest BCUT2D eigenvalue weighted by atomic mass is 10.0. The second-order valence-corrected chi connectivity index (χ2v) is 9.11. The van der Waals surface area contributed by atoms with Crippen LogP contribution in [0.25, 0.3) is 0 Å². The molecule has 1 saturated heterocycles. The summed E-state index contributed by atoms with van der Waals surface area (Å²) in [6, 6.07) is 15.9. The van der Waals surface area contributed by atoms with Gasteiger partial charge in [-0.2, -0.15) is 0 Å². The molecule has 3 unspecified atom stereocenters. The van der Waals surface area contributed by atoms with Crippen LogP contribution < -0.4 is 4.72 Å². The summed E-state index contributed by atoms with van der Waals surface area (Å²) in [5.74, 6) is -0.178. The molecule has 1 heterocycles. The second kappa shape index (κ2) is 12.8. The van der Waals surface area contributed by atoms with E-state index in [0.717, 1.165) is 29.3 Å². The molecule has 0 saturated carbocycles. The highest BCUT2D eigenvalue weighted by Gasteiger charge is 2.30. The number of halogens is 2. The van der Waals surface area contributed by atoms with Gasteiger partial charge in [-0.3, -0.25) is 0 Å². The molecule has 0 radical (unpaired) electrons. The van der Waals surface area contributed by atoms with Crippen LogP contribution in [0, 0.1) is 5.82 Å². The molecule has 164 valence electrons. The van der Waals surface area contributed by atoms with Gasteiger partial charge in [0.05, 0.1) is 17.0 Å². The van der Waals surface area contributed by atoms with Gasteiger partial charge >= 0.3 is 6.09 Å². The molecule has 1 fully saturated rings. The molecule has 3 rings (SSSR count). The Bertz CT molecular complexity index is 808. The first kappa shape index (κ1) is 24.5. The van der Waals surface area contributed by atoms with Crippen LogP contribution in [0.5, 0.6) is 0 Å². The molecule has 5 nitrogen and oxygen atoms in total. The summed E-state index contributed by atoms with van der Waals surface area (Å²) < 4.78 is 32.3. The lowest BCUT2D eigenvalue weighted by Crippen LogP contribution is -2.43. The van der Waals surface area contributed by atoms with Gasteiger partial charge in [-0.15, -0.1) is 0 Å². The summed E-state index contributed by atoms with van der Waals surface area (Å²) in [6.07, 6.45) is 3.81. The molecule has 0 aliphatic carbocycles. The van der Waals surface area contributed by atoms with Crippen molar-refractivity contribution >= 4 is 33.0 Å². The number of amides is 1. The molecule has 3 atom stereocenters. The molecule has 1 aliphatic heterocycles. The van der Waals surface area contributed by atoms with E-state index in [2.05, 4.69) is 20.7 Å². The Morgan fingerprint density at radius 2 is 1.90 bits per heavy atom. The number of ether oxygens (including phenoxy) is 1. The largest absolute Gasteiger partial charge is 0.446 e. The molecular weight excluding hydrogens is 471 g/mol.